The van der Waals surface area contributed by atoms with Gasteiger partial charge in [-0.3, -0.25) is 4.79 Å². The van der Waals surface area contributed by atoms with Crippen LogP contribution in [0.15, 0.2) is 48.5 Å². The zero-order chi connectivity index (χ0) is 16.9. The van der Waals surface area contributed by atoms with Crippen LogP contribution in [-0.2, 0) is 4.79 Å². The van der Waals surface area contributed by atoms with Crippen LogP contribution in [0.4, 0.5) is 18.9 Å². The highest BCUT2D eigenvalue weighted by Crippen LogP contribution is 2.27. The number of benzene rings is 2. The van der Waals surface area contributed by atoms with E-state index < -0.39 is 12.3 Å². The zero-order valence-corrected chi connectivity index (χ0v) is 11.7. The molecule has 0 saturated heterocycles. The SMILES string of the molecule is N#CCC(=O)Nc1cccc(-c2ccc(OC(F)(F)F)cc2)c1. The highest BCUT2D eigenvalue weighted by Gasteiger charge is 2.30. The predicted molar refractivity (Wildman–Crippen MR) is 77.4 cm³/mol. The maximum Gasteiger partial charge on any atom is 0.573 e. The van der Waals surface area contributed by atoms with Gasteiger partial charge in [0.05, 0.1) is 6.07 Å². The summed E-state index contributed by atoms with van der Waals surface area (Å²) in [6.45, 7) is 0. The lowest BCUT2D eigenvalue weighted by Crippen LogP contribution is -2.16. The molecule has 0 unspecified atom stereocenters. The number of nitriles is 1. The van der Waals surface area contributed by atoms with E-state index in [-0.39, 0.29) is 12.2 Å². The van der Waals surface area contributed by atoms with Gasteiger partial charge in [0.15, 0.2) is 0 Å². The monoisotopic (exact) mass is 320 g/mol. The average Bonchev–Trinajstić information content (AvgIpc) is 2.47. The number of carbonyl (C=O) groups is 1. The molecule has 23 heavy (non-hydrogen) atoms. The Morgan fingerprint density at radius 3 is 2.43 bits per heavy atom. The molecule has 1 amide bonds. The number of anilines is 1. The van der Waals surface area contributed by atoms with E-state index in [1.807, 2.05) is 0 Å². The fourth-order valence-electron chi connectivity index (χ4n) is 1.90. The third kappa shape index (κ3) is 5.04. The normalized spacial score (nSPS) is 10.7. The smallest absolute Gasteiger partial charge is 0.406 e. The molecule has 0 aliphatic heterocycles. The number of hydrogen-bond acceptors (Lipinski definition) is 3. The lowest BCUT2D eigenvalue weighted by molar-refractivity contribution is -0.274. The summed E-state index contributed by atoms with van der Waals surface area (Å²) < 4.78 is 40.2. The summed E-state index contributed by atoms with van der Waals surface area (Å²) in [5.41, 5.74) is 1.87. The van der Waals surface area contributed by atoms with Crippen LogP contribution < -0.4 is 10.1 Å². The van der Waals surface area contributed by atoms with Crippen LogP contribution in [0.5, 0.6) is 5.75 Å². The summed E-state index contributed by atoms with van der Waals surface area (Å²) in [6, 6.07) is 13.9. The number of carbonyl (C=O) groups excluding carboxylic acids is 1. The minimum atomic E-state index is -4.73. The molecule has 0 spiro atoms. The van der Waals surface area contributed by atoms with Crippen LogP contribution in [0.3, 0.4) is 0 Å². The second kappa shape index (κ2) is 6.83. The molecular weight excluding hydrogens is 309 g/mol. The van der Waals surface area contributed by atoms with Gasteiger partial charge in [0.2, 0.25) is 5.91 Å². The number of nitrogens with zero attached hydrogens (tertiary/aromatic N) is 1. The first-order valence-corrected chi connectivity index (χ1v) is 6.50. The topological polar surface area (TPSA) is 62.1 Å². The molecule has 0 aliphatic rings. The van der Waals surface area contributed by atoms with E-state index in [2.05, 4.69) is 10.1 Å². The third-order valence-corrected chi connectivity index (χ3v) is 2.81. The van der Waals surface area contributed by atoms with Gasteiger partial charge in [-0.2, -0.15) is 5.26 Å². The van der Waals surface area contributed by atoms with Gasteiger partial charge in [0.1, 0.15) is 12.2 Å². The molecule has 2 aromatic rings. The average molecular weight is 320 g/mol. The summed E-state index contributed by atoms with van der Waals surface area (Å²) in [5, 5.41) is 11.0. The highest BCUT2D eigenvalue weighted by molar-refractivity contribution is 5.92. The quantitative estimate of drug-likeness (QED) is 0.922. The maximum absolute atomic E-state index is 12.1. The Labute approximate surface area is 130 Å². The second-order valence-corrected chi connectivity index (χ2v) is 4.54. The Balaban J connectivity index is 2.16. The number of halogens is 3. The Morgan fingerprint density at radius 2 is 1.83 bits per heavy atom. The molecule has 0 atom stereocenters. The van der Waals surface area contributed by atoms with Crippen molar-refractivity contribution in [2.45, 2.75) is 12.8 Å². The third-order valence-electron chi connectivity index (χ3n) is 2.81. The van der Waals surface area contributed by atoms with Crippen molar-refractivity contribution in [1.82, 2.24) is 0 Å². The van der Waals surface area contributed by atoms with Gasteiger partial charge in [0.25, 0.3) is 0 Å². The molecule has 0 bridgehead atoms. The van der Waals surface area contributed by atoms with Crippen LogP contribution in [-0.4, -0.2) is 12.3 Å². The Morgan fingerprint density at radius 1 is 1.13 bits per heavy atom. The number of nitrogens with one attached hydrogen (secondary N) is 1. The van der Waals surface area contributed by atoms with Gasteiger partial charge in [0, 0.05) is 5.69 Å². The van der Waals surface area contributed by atoms with Crippen LogP contribution in [0.1, 0.15) is 6.42 Å². The van der Waals surface area contributed by atoms with Crippen molar-refractivity contribution in [3.8, 4) is 22.9 Å². The van der Waals surface area contributed by atoms with Crippen LogP contribution >= 0.6 is 0 Å². The van der Waals surface area contributed by atoms with E-state index in [4.69, 9.17) is 5.26 Å². The highest BCUT2D eigenvalue weighted by atomic mass is 19.4. The van der Waals surface area contributed by atoms with E-state index in [1.165, 1.54) is 24.3 Å². The fourth-order valence-corrected chi connectivity index (χ4v) is 1.90. The fraction of sp³-hybridized carbons (Fsp3) is 0.125. The molecule has 4 nitrogen and oxygen atoms in total. The van der Waals surface area contributed by atoms with Gasteiger partial charge in [-0.25, -0.2) is 0 Å². The summed E-state index contributed by atoms with van der Waals surface area (Å²) in [4.78, 5) is 11.4. The van der Waals surface area contributed by atoms with Gasteiger partial charge in [-0.15, -0.1) is 13.2 Å². The molecule has 0 heterocycles. The summed E-state index contributed by atoms with van der Waals surface area (Å²) in [5.74, 6) is -0.738. The summed E-state index contributed by atoms with van der Waals surface area (Å²) in [6.07, 6.45) is -4.99. The van der Waals surface area contributed by atoms with Crippen molar-refractivity contribution in [2.24, 2.45) is 0 Å². The first-order valence-electron chi connectivity index (χ1n) is 6.50. The van der Waals surface area contributed by atoms with Crippen LogP contribution in [0.25, 0.3) is 11.1 Å². The van der Waals surface area contributed by atoms with Crippen molar-refractivity contribution in [2.75, 3.05) is 5.32 Å². The standard InChI is InChI=1S/C16H11F3N2O2/c17-16(18,19)23-14-6-4-11(5-7-14)12-2-1-3-13(10-12)21-15(22)8-9-20/h1-7,10H,8H2,(H,21,22). The van der Waals surface area contributed by atoms with E-state index in [1.54, 1.807) is 30.3 Å². The Kier molecular flexibility index (Phi) is 4.86. The second-order valence-electron chi connectivity index (χ2n) is 4.54. The molecular formula is C16H11F3N2O2. The minimum Gasteiger partial charge on any atom is -0.406 e. The maximum atomic E-state index is 12.1. The van der Waals surface area contributed by atoms with Gasteiger partial charge < -0.3 is 10.1 Å². The summed E-state index contributed by atoms with van der Waals surface area (Å²) in [7, 11) is 0. The van der Waals surface area contributed by atoms with E-state index >= 15 is 0 Å². The number of alkyl halides is 3. The van der Waals surface area contributed by atoms with Crippen molar-refractivity contribution >= 4 is 11.6 Å². The summed E-state index contributed by atoms with van der Waals surface area (Å²) >= 11 is 0. The first kappa shape index (κ1) is 16.4. The van der Waals surface area contributed by atoms with Gasteiger partial charge >= 0.3 is 6.36 Å². The van der Waals surface area contributed by atoms with Crippen LogP contribution in [0.2, 0.25) is 0 Å². The first-order chi connectivity index (χ1) is 10.9. The van der Waals surface area contributed by atoms with Gasteiger partial charge in [-0.1, -0.05) is 24.3 Å². The molecule has 0 radical (unpaired) electrons. The van der Waals surface area contributed by atoms with Gasteiger partial charge in [-0.05, 0) is 35.4 Å². The molecule has 2 rings (SSSR count). The van der Waals surface area contributed by atoms with Crippen molar-refractivity contribution in [1.29, 1.82) is 5.26 Å². The van der Waals surface area contributed by atoms with Crippen molar-refractivity contribution in [3.63, 3.8) is 0 Å². The molecule has 2 aromatic carbocycles. The van der Waals surface area contributed by atoms with Crippen molar-refractivity contribution in [3.05, 3.63) is 48.5 Å². The van der Waals surface area contributed by atoms with E-state index in [0.29, 0.717) is 16.8 Å². The molecule has 118 valence electrons. The lowest BCUT2D eigenvalue weighted by atomic mass is 10.0. The Bertz CT molecular complexity index is 734. The number of rotatable bonds is 4. The minimum absolute atomic E-state index is 0.256. The number of amides is 1. The van der Waals surface area contributed by atoms with E-state index in [0.717, 1.165) is 0 Å². The molecule has 7 heteroatoms. The molecule has 0 fully saturated rings. The van der Waals surface area contributed by atoms with Crippen molar-refractivity contribution < 1.29 is 22.7 Å². The van der Waals surface area contributed by atoms with Crippen LogP contribution in [0, 0.1) is 11.3 Å². The molecule has 0 aromatic heterocycles. The largest absolute Gasteiger partial charge is 0.573 e. The lowest BCUT2D eigenvalue weighted by Gasteiger charge is -2.10. The molecule has 0 saturated carbocycles. The molecule has 1 N–H and O–H groups in total. The van der Waals surface area contributed by atoms with E-state index in [9.17, 15) is 18.0 Å². The zero-order valence-electron chi connectivity index (χ0n) is 11.7. The molecule has 0 aliphatic carbocycles. The predicted octanol–water partition coefficient (Wildman–Crippen LogP) is 4.10. The Hall–Kier alpha value is -3.01. The number of ether oxygens (including phenoxy) is 1. The number of hydrogen-bond donors (Lipinski definition) is 1.